The lowest BCUT2D eigenvalue weighted by Gasteiger charge is -2.07. The molecule has 22 heavy (non-hydrogen) atoms. The van der Waals surface area contributed by atoms with E-state index >= 15 is 0 Å². The number of amides is 1. The van der Waals surface area contributed by atoms with Gasteiger partial charge in [0.1, 0.15) is 0 Å². The average Bonchev–Trinajstić information content (AvgIpc) is 2.78. The third-order valence-corrected chi connectivity index (χ3v) is 3.53. The summed E-state index contributed by atoms with van der Waals surface area (Å²) in [6.45, 7) is 1.93. The van der Waals surface area contributed by atoms with Crippen molar-refractivity contribution in [3.63, 3.8) is 0 Å². The molecule has 0 bridgehead atoms. The Morgan fingerprint density at radius 1 is 1.09 bits per heavy atom. The second-order valence-electron chi connectivity index (χ2n) is 5.07. The summed E-state index contributed by atoms with van der Waals surface area (Å²) in [5.74, 6) is -0.884. The van der Waals surface area contributed by atoms with Crippen LogP contribution in [0.5, 0.6) is 0 Å². The maximum atomic E-state index is 12.2. The van der Waals surface area contributed by atoms with Gasteiger partial charge in [0, 0.05) is 12.6 Å². The standard InChI is InChI=1S/C17H14N2O3/c1-11-7-9-12(10-8-11)17(21)22-18-15-13-5-3-4-6-14(13)19(2)16(15)20/h3-10H,1-2H3/b18-15-. The number of oxime groups is 1. The molecule has 0 atom stereocenters. The summed E-state index contributed by atoms with van der Waals surface area (Å²) >= 11 is 0. The largest absolute Gasteiger partial charge is 0.365 e. The maximum absolute atomic E-state index is 12.2. The highest BCUT2D eigenvalue weighted by Gasteiger charge is 2.32. The third kappa shape index (κ3) is 2.37. The number of anilines is 1. The molecule has 1 amide bonds. The van der Waals surface area contributed by atoms with Gasteiger partial charge in [0.2, 0.25) is 0 Å². The highest BCUT2D eigenvalue weighted by molar-refractivity contribution is 6.54. The number of hydrogen-bond donors (Lipinski definition) is 0. The molecule has 1 heterocycles. The van der Waals surface area contributed by atoms with Crippen molar-refractivity contribution in [1.29, 1.82) is 0 Å². The molecule has 0 radical (unpaired) electrons. The number of aryl methyl sites for hydroxylation is 1. The fourth-order valence-corrected chi connectivity index (χ4v) is 2.27. The molecule has 0 unspecified atom stereocenters. The second kappa shape index (κ2) is 5.44. The summed E-state index contributed by atoms with van der Waals surface area (Å²) in [5.41, 5.74) is 2.98. The molecule has 0 N–H and O–H groups in total. The Morgan fingerprint density at radius 2 is 1.77 bits per heavy atom. The normalized spacial score (nSPS) is 15.1. The molecule has 0 saturated heterocycles. The smallest absolute Gasteiger partial charge is 0.312 e. The lowest BCUT2D eigenvalue weighted by molar-refractivity contribution is -0.112. The van der Waals surface area contributed by atoms with Crippen LogP contribution in [0.2, 0.25) is 0 Å². The molecular formula is C17H14N2O3. The van der Waals surface area contributed by atoms with Gasteiger partial charge in [0.15, 0.2) is 5.71 Å². The van der Waals surface area contributed by atoms with Gasteiger partial charge in [-0.25, -0.2) is 4.79 Å². The van der Waals surface area contributed by atoms with Crippen LogP contribution in [0.3, 0.4) is 0 Å². The van der Waals surface area contributed by atoms with Gasteiger partial charge in [-0.05, 0) is 25.1 Å². The Kier molecular flexibility index (Phi) is 3.47. The van der Waals surface area contributed by atoms with Gasteiger partial charge < -0.3 is 9.74 Å². The van der Waals surface area contributed by atoms with Gasteiger partial charge in [-0.15, -0.1) is 0 Å². The first kappa shape index (κ1) is 14.0. The van der Waals surface area contributed by atoms with Crippen LogP contribution >= 0.6 is 0 Å². The molecule has 3 rings (SSSR count). The number of rotatable bonds is 2. The zero-order valence-electron chi connectivity index (χ0n) is 12.2. The summed E-state index contributed by atoms with van der Waals surface area (Å²) in [5, 5.41) is 3.77. The maximum Gasteiger partial charge on any atom is 0.365 e. The highest BCUT2D eigenvalue weighted by Crippen LogP contribution is 2.27. The number of benzene rings is 2. The van der Waals surface area contributed by atoms with Crippen molar-refractivity contribution in [1.82, 2.24) is 0 Å². The molecular weight excluding hydrogens is 280 g/mol. The zero-order chi connectivity index (χ0) is 15.7. The fraction of sp³-hybridized carbons (Fsp3) is 0.118. The van der Waals surface area contributed by atoms with Crippen LogP contribution in [-0.4, -0.2) is 24.6 Å². The molecule has 0 saturated carbocycles. The Labute approximate surface area is 127 Å². The summed E-state index contributed by atoms with van der Waals surface area (Å²) < 4.78 is 0. The third-order valence-electron chi connectivity index (χ3n) is 3.53. The number of carbonyl (C=O) groups excluding carboxylic acids is 2. The monoisotopic (exact) mass is 294 g/mol. The number of para-hydroxylation sites is 1. The molecule has 0 spiro atoms. The van der Waals surface area contributed by atoms with Crippen molar-refractivity contribution in [3.05, 3.63) is 65.2 Å². The lowest BCUT2D eigenvalue weighted by Crippen LogP contribution is -2.25. The van der Waals surface area contributed by atoms with Gasteiger partial charge in [0.25, 0.3) is 5.91 Å². The minimum atomic E-state index is -0.590. The molecule has 0 aliphatic carbocycles. The Hall–Kier alpha value is -2.95. The molecule has 1 aliphatic heterocycles. The van der Waals surface area contributed by atoms with E-state index in [9.17, 15) is 9.59 Å². The molecule has 2 aromatic carbocycles. The Morgan fingerprint density at radius 3 is 2.50 bits per heavy atom. The van der Waals surface area contributed by atoms with E-state index in [0.29, 0.717) is 11.1 Å². The lowest BCUT2D eigenvalue weighted by atomic mass is 10.1. The summed E-state index contributed by atoms with van der Waals surface area (Å²) in [6.07, 6.45) is 0. The number of nitrogens with zero attached hydrogens (tertiary/aromatic N) is 2. The molecule has 5 nitrogen and oxygen atoms in total. The van der Waals surface area contributed by atoms with Crippen LogP contribution in [0.4, 0.5) is 5.69 Å². The van der Waals surface area contributed by atoms with Crippen LogP contribution in [0, 0.1) is 6.92 Å². The van der Waals surface area contributed by atoms with Crippen LogP contribution in [0.25, 0.3) is 0 Å². The van der Waals surface area contributed by atoms with Crippen molar-refractivity contribution < 1.29 is 14.4 Å². The average molecular weight is 294 g/mol. The second-order valence-corrected chi connectivity index (χ2v) is 5.07. The van der Waals surface area contributed by atoms with Crippen LogP contribution < -0.4 is 4.90 Å². The molecule has 5 heteroatoms. The van der Waals surface area contributed by atoms with E-state index in [-0.39, 0.29) is 11.6 Å². The number of fused-ring (bicyclic) bond motifs is 1. The van der Waals surface area contributed by atoms with Gasteiger partial charge in [-0.3, -0.25) is 4.79 Å². The highest BCUT2D eigenvalue weighted by atomic mass is 16.7. The molecule has 0 fully saturated rings. The fourth-order valence-electron chi connectivity index (χ4n) is 2.27. The van der Waals surface area contributed by atoms with Crippen molar-refractivity contribution in [3.8, 4) is 0 Å². The van der Waals surface area contributed by atoms with Crippen molar-refractivity contribution >= 4 is 23.3 Å². The van der Waals surface area contributed by atoms with Gasteiger partial charge in [-0.1, -0.05) is 41.1 Å². The van der Waals surface area contributed by atoms with Gasteiger partial charge >= 0.3 is 5.97 Å². The van der Waals surface area contributed by atoms with Gasteiger partial charge in [0.05, 0.1) is 11.3 Å². The van der Waals surface area contributed by atoms with Crippen molar-refractivity contribution in [2.24, 2.45) is 5.16 Å². The van der Waals surface area contributed by atoms with E-state index in [1.165, 1.54) is 4.90 Å². The first-order valence-electron chi connectivity index (χ1n) is 6.81. The van der Waals surface area contributed by atoms with E-state index < -0.39 is 5.97 Å². The number of hydrogen-bond acceptors (Lipinski definition) is 4. The van der Waals surface area contributed by atoms with Gasteiger partial charge in [-0.2, -0.15) is 0 Å². The van der Waals surface area contributed by atoms with E-state index in [4.69, 9.17) is 4.84 Å². The molecule has 0 aromatic heterocycles. The SMILES string of the molecule is Cc1ccc(C(=O)O/N=C2\C(=O)N(C)c3ccccc32)cc1. The van der Waals surface area contributed by atoms with E-state index in [0.717, 1.165) is 11.3 Å². The number of likely N-dealkylation sites (N-methyl/N-ethyl adjacent to an activating group) is 1. The van der Waals surface area contributed by atoms with E-state index in [1.807, 2.05) is 37.3 Å². The van der Waals surface area contributed by atoms with Crippen LogP contribution in [-0.2, 0) is 9.63 Å². The van der Waals surface area contributed by atoms with Crippen LogP contribution in [0.1, 0.15) is 21.5 Å². The zero-order valence-corrected chi connectivity index (χ0v) is 12.2. The van der Waals surface area contributed by atoms with E-state index in [2.05, 4.69) is 5.16 Å². The van der Waals surface area contributed by atoms with Crippen molar-refractivity contribution in [2.75, 3.05) is 11.9 Å². The minimum absolute atomic E-state index is 0.138. The predicted molar refractivity (Wildman–Crippen MR) is 83.0 cm³/mol. The predicted octanol–water partition coefficient (Wildman–Crippen LogP) is 2.53. The molecule has 1 aliphatic rings. The minimum Gasteiger partial charge on any atom is -0.312 e. The Balaban J connectivity index is 1.85. The van der Waals surface area contributed by atoms with Crippen molar-refractivity contribution in [2.45, 2.75) is 6.92 Å². The molecule has 2 aromatic rings. The Bertz CT molecular complexity index is 779. The number of carbonyl (C=O) groups is 2. The summed E-state index contributed by atoms with van der Waals surface area (Å²) in [4.78, 5) is 30.5. The first-order chi connectivity index (χ1) is 10.6. The molecule has 110 valence electrons. The topological polar surface area (TPSA) is 59.0 Å². The quantitative estimate of drug-likeness (QED) is 0.631. The summed E-state index contributed by atoms with van der Waals surface area (Å²) in [6, 6.07) is 14.2. The van der Waals surface area contributed by atoms with E-state index in [1.54, 1.807) is 25.2 Å². The van der Waals surface area contributed by atoms with Crippen LogP contribution in [0.15, 0.2) is 53.7 Å². The first-order valence-corrected chi connectivity index (χ1v) is 6.81. The summed E-state index contributed by atoms with van der Waals surface area (Å²) in [7, 11) is 1.66.